The summed E-state index contributed by atoms with van der Waals surface area (Å²) in [5.74, 6) is -0.501. The quantitative estimate of drug-likeness (QED) is 0.724. The van der Waals surface area contributed by atoms with E-state index < -0.39 is 5.91 Å². The number of aryl methyl sites for hydroxylation is 1. The minimum absolute atomic E-state index is 0.0931. The molecule has 0 atom stereocenters. The summed E-state index contributed by atoms with van der Waals surface area (Å²) in [6, 6.07) is 7.38. The maximum atomic E-state index is 12.3. The highest BCUT2D eigenvalue weighted by atomic mass is 16.2. The van der Waals surface area contributed by atoms with Gasteiger partial charge in [-0.15, -0.1) is 0 Å². The van der Waals surface area contributed by atoms with Crippen LogP contribution < -0.4 is 0 Å². The number of aromatic nitrogens is 1. The fourth-order valence-corrected chi connectivity index (χ4v) is 2.61. The predicted molar refractivity (Wildman–Crippen MR) is 69.0 cm³/mol. The van der Waals surface area contributed by atoms with Crippen LogP contribution in [-0.2, 0) is 11.8 Å². The molecule has 0 N–H and O–H groups in total. The molecule has 2 amide bonds. The van der Waals surface area contributed by atoms with E-state index in [1.807, 2.05) is 24.3 Å². The molecule has 1 aliphatic heterocycles. The van der Waals surface area contributed by atoms with Crippen LogP contribution in [0.2, 0.25) is 0 Å². The Balaban J connectivity index is 2.39. The molecule has 0 spiro atoms. The first kappa shape index (κ1) is 11.6. The number of rotatable bonds is 1. The SMILES string of the molecule is Cn1c2c(c3ccccc31)C(=O)CCN(C=O)C2=O. The second kappa shape index (κ2) is 4.05. The molecule has 0 radical (unpaired) electrons. The lowest BCUT2D eigenvalue weighted by Gasteiger charge is -2.12. The third kappa shape index (κ3) is 1.51. The molecule has 2 aromatic rings. The maximum Gasteiger partial charge on any atom is 0.277 e. The van der Waals surface area contributed by atoms with Gasteiger partial charge in [0.1, 0.15) is 5.69 Å². The van der Waals surface area contributed by atoms with Crippen molar-refractivity contribution in [3.63, 3.8) is 0 Å². The van der Waals surface area contributed by atoms with Gasteiger partial charge in [-0.2, -0.15) is 0 Å². The van der Waals surface area contributed by atoms with Crippen LogP contribution in [0.4, 0.5) is 0 Å². The Bertz CT molecular complexity index is 715. The third-order valence-electron chi connectivity index (χ3n) is 3.56. The van der Waals surface area contributed by atoms with E-state index in [9.17, 15) is 14.4 Å². The summed E-state index contributed by atoms with van der Waals surface area (Å²) in [4.78, 5) is 36.6. The van der Waals surface area contributed by atoms with E-state index in [-0.39, 0.29) is 18.7 Å². The van der Waals surface area contributed by atoms with Gasteiger partial charge in [-0.25, -0.2) is 0 Å². The number of fused-ring (bicyclic) bond motifs is 3. The molecular formula is C14H12N2O3. The standard InChI is InChI=1S/C14H12N2O3/c1-15-10-5-3-2-4-9(10)12-11(18)6-7-16(8-17)14(19)13(12)15/h2-5,8H,6-7H2,1H3. The van der Waals surface area contributed by atoms with E-state index in [2.05, 4.69) is 0 Å². The highest BCUT2D eigenvalue weighted by Gasteiger charge is 2.31. The van der Waals surface area contributed by atoms with E-state index in [0.29, 0.717) is 17.7 Å². The molecule has 0 saturated heterocycles. The largest absolute Gasteiger partial charge is 0.339 e. The molecule has 3 rings (SSSR count). The van der Waals surface area contributed by atoms with E-state index in [0.717, 1.165) is 15.8 Å². The van der Waals surface area contributed by atoms with Crippen LogP contribution in [-0.4, -0.2) is 34.1 Å². The molecule has 19 heavy (non-hydrogen) atoms. The van der Waals surface area contributed by atoms with Crippen molar-refractivity contribution < 1.29 is 14.4 Å². The first-order chi connectivity index (χ1) is 9.15. The van der Waals surface area contributed by atoms with Crippen molar-refractivity contribution in [1.82, 2.24) is 9.47 Å². The molecule has 1 aliphatic rings. The highest BCUT2D eigenvalue weighted by molar-refractivity contribution is 6.18. The molecule has 0 bridgehead atoms. The van der Waals surface area contributed by atoms with Crippen LogP contribution in [0.25, 0.3) is 10.9 Å². The molecule has 0 saturated carbocycles. The van der Waals surface area contributed by atoms with Crippen LogP contribution >= 0.6 is 0 Å². The summed E-state index contributed by atoms with van der Waals surface area (Å²) in [6.45, 7) is 0.143. The Morgan fingerprint density at radius 3 is 2.68 bits per heavy atom. The van der Waals surface area contributed by atoms with Crippen molar-refractivity contribution in [3.8, 4) is 0 Å². The Morgan fingerprint density at radius 1 is 1.21 bits per heavy atom. The van der Waals surface area contributed by atoms with Crippen molar-refractivity contribution in [2.45, 2.75) is 6.42 Å². The van der Waals surface area contributed by atoms with Gasteiger partial charge in [0, 0.05) is 30.9 Å². The Hall–Kier alpha value is -2.43. The van der Waals surface area contributed by atoms with Gasteiger partial charge in [0.15, 0.2) is 5.78 Å². The molecule has 0 unspecified atom stereocenters. The van der Waals surface area contributed by atoms with Crippen LogP contribution in [0.15, 0.2) is 24.3 Å². The normalized spacial score (nSPS) is 15.5. The number of carbonyl (C=O) groups excluding carboxylic acids is 3. The maximum absolute atomic E-state index is 12.3. The summed E-state index contributed by atoms with van der Waals surface area (Å²) in [5.41, 5.74) is 1.56. The monoisotopic (exact) mass is 256 g/mol. The van der Waals surface area contributed by atoms with E-state index in [1.54, 1.807) is 11.6 Å². The number of benzene rings is 1. The topological polar surface area (TPSA) is 59.4 Å². The molecule has 0 fully saturated rings. The molecule has 1 aromatic heterocycles. The van der Waals surface area contributed by atoms with Crippen molar-refractivity contribution in [2.75, 3.05) is 6.54 Å². The van der Waals surface area contributed by atoms with Gasteiger partial charge < -0.3 is 4.57 Å². The number of ketones is 1. The van der Waals surface area contributed by atoms with Crippen LogP contribution in [0, 0.1) is 0 Å². The number of carbonyl (C=O) groups is 3. The van der Waals surface area contributed by atoms with Gasteiger partial charge in [0.2, 0.25) is 6.41 Å². The minimum Gasteiger partial charge on any atom is -0.339 e. The van der Waals surface area contributed by atoms with Crippen molar-refractivity contribution in [1.29, 1.82) is 0 Å². The number of imide groups is 1. The Morgan fingerprint density at radius 2 is 1.95 bits per heavy atom. The Kier molecular flexibility index (Phi) is 2.48. The van der Waals surface area contributed by atoms with Crippen LogP contribution in [0.3, 0.4) is 0 Å². The lowest BCUT2D eigenvalue weighted by atomic mass is 10.1. The lowest BCUT2D eigenvalue weighted by Crippen LogP contribution is -2.30. The second-order valence-corrected chi connectivity index (χ2v) is 4.58. The molecular weight excluding hydrogens is 244 g/mol. The summed E-state index contributed by atoms with van der Waals surface area (Å²) in [5, 5.41) is 0.770. The smallest absolute Gasteiger partial charge is 0.277 e. The number of para-hydroxylation sites is 1. The number of hydrogen-bond donors (Lipinski definition) is 0. The van der Waals surface area contributed by atoms with Gasteiger partial charge in [-0.3, -0.25) is 19.3 Å². The van der Waals surface area contributed by atoms with E-state index >= 15 is 0 Å². The minimum atomic E-state index is -0.408. The molecule has 1 aromatic carbocycles. The first-order valence-corrected chi connectivity index (χ1v) is 6.02. The van der Waals surface area contributed by atoms with Crippen molar-refractivity contribution in [2.24, 2.45) is 7.05 Å². The van der Waals surface area contributed by atoms with Gasteiger partial charge in [0.25, 0.3) is 5.91 Å². The number of nitrogens with zero attached hydrogens (tertiary/aromatic N) is 2. The zero-order chi connectivity index (χ0) is 13.6. The zero-order valence-electron chi connectivity index (χ0n) is 10.4. The molecule has 5 heteroatoms. The van der Waals surface area contributed by atoms with Crippen LogP contribution in [0.5, 0.6) is 0 Å². The fraction of sp³-hybridized carbons (Fsp3) is 0.214. The summed E-state index contributed by atoms with van der Waals surface area (Å²) in [7, 11) is 1.74. The van der Waals surface area contributed by atoms with E-state index in [4.69, 9.17) is 0 Å². The predicted octanol–water partition coefficient (Wildman–Crippen LogP) is 1.36. The molecule has 96 valence electrons. The van der Waals surface area contributed by atoms with Crippen molar-refractivity contribution in [3.05, 3.63) is 35.5 Å². The fourth-order valence-electron chi connectivity index (χ4n) is 2.61. The molecule has 2 heterocycles. The van der Waals surface area contributed by atoms with E-state index in [1.165, 1.54) is 0 Å². The second-order valence-electron chi connectivity index (χ2n) is 4.58. The van der Waals surface area contributed by atoms with Gasteiger partial charge in [-0.1, -0.05) is 18.2 Å². The van der Waals surface area contributed by atoms with Crippen molar-refractivity contribution >= 4 is 29.0 Å². The van der Waals surface area contributed by atoms with Gasteiger partial charge in [-0.05, 0) is 6.07 Å². The van der Waals surface area contributed by atoms with Crippen LogP contribution in [0.1, 0.15) is 27.3 Å². The number of amides is 2. The summed E-state index contributed by atoms with van der Waals surface area (Å²) < 4.78 is 1.69. The van der Waals surface area contributed by atoms with Gasteiger partial charge >= 0.3 is 0 Å². The zero-order valence-corrected chi connectivity index (χ0v) is 10.4. The first-order valence-electron chi connectivity index (χ1n) is 6.02. The van der Waals surface area contributed by atoms with Gasteiger partial charge in [0.05, 0.1) is 5.56 Å². The lowest BCUT2D eigenvalue weighted by molar-refractivity contribution is -0.115. The number of Topliss-reactive ketones (excluding diaryl/α,β-unsaturated/α-hetero) is 1. The molecule has 5 nitrogen and oxygen atoms in total. The Labute approximate surface area is 109 Å². The third-order valence-corrected chi connectivity index (χ3v) is 3.56. The highest BCUT2D eigenvalue weighted by Crippen LogP contribution is 2.29. The summed E-state index contributed by atoms with van der Waals surface area (Å²) in [6.07, 6.45) is 0.661. The average molecular weight is 256 g/mol. The number of hydrogen-bond acceptors (Lipinski definition) is 3. The molecule has 0 aliphatic carbocycles. The average Bonchev–Trinajstić information content (AvgIpc) is 2.65. The summed E-state index contributed by atoms with van der Waals surface area (Å²) >= 11 is 0.